The molecule has 12 aromatic rings. The largest absolute Gasteiger partial charge is 0.309 e. The van der Waals surface area contributed by atoms with Crippen LogP contribution in [0.5, 0.6) is 0 Å². The highest BCUT2D eigenvalue weighted by molar-refractivity contribution is 6.23. The minimum atomic E-state index is 0.564. The highest BCUT2D eigenvalue weighted by atomic mass is 15.1. The summed E-state index contributed by atoms with van der Waals surface area (Å²) in [4.78, 5) is 15.5. The fourth-order valence-electron chi connectivity index (χ4n) is 9.42. The number of hydrogen-bond donors (Lipinski definition) is 0. The highest BCUT2D eigenvalue weighted by Crippen LogP contribution is 2.46. The zero-order chi connectivity index (χ0) is 42.6. The standard InChI is InChI=1S/C58H36N6/c59-37-42-33-35-51-55(45-27-14-15-29-48(45)63(51)43-24-11-4-12-25-43)53(42)47-28-17-31-50-54(47)44-26-13-16-30-49(44)64(50)52-36-41(38-18-5-1-6-19-38)32-34-46(52)58-61-56(39-20-7-2-8-21-39)60-57(62-58)40-22-9-3-10-23-40/h1-36H. The molecule has 6 heteroatoms. The van der Waals surface area contributed by atoms with Crippen molar-refractivity contribution in [2.24, 2.45) is 0 Å². The topological polar surface area (TPSA) is 72.3 Å². The molecule has 6 nitrogen and oxygen atoms in total. The fourth-order valence-corrected chi connectivity index (χ4v) is 9.42. The van der Waals surface area contributed by atoms with E-state index < -0.39 is 0 Å². The summed E-state index contributed by atoms with van der Waals surface area (Å²) in [6.45, 7) is 0. The number of rotatable bonds is 7. The maximum Gasteiger partial charge on any atom is 0.166 e. The molecule has 3 heterocycles. The molecular weight excluding hydrogens is 781 g/mol. The van der Waals surface area contributed by atoms with Gasteiger partial charge in [0.2, 0.25) is 0 Å². The van der Waals surface area contributed by atoms with Crippen LogP contribution in [0.1, 0.15) is 5.56 Å². The fraction of sp³-hybridized carbons (Fsp3) is 0. The van der Waals surface area contributed by atoms with Gasteiger partial charge >= 0.3 is 0 Å². The van der Waals surface area contributed by atoms with Gasteiger partial charge in [0.05, 0.1) is 39.4 Å². The Bertz CT molecular complexity index is 3710. The summed E-state index contributed by atoms with van der Waals surface area (Å²) in [6, 6.07) is 77.9. The molecule has 0 N–H and O–H groups in total. The second-order valence-corrected chi connectivity index (χ2v) is 15.9. The number of nitriles is 1. The van der Waals surface area contributed by atoms with Gasteiger partial charge in [-0.25, -0.2) is 15.0 Å². The van der Waals surface area contributed by atoms with E-state index in [1.807, 2.05) is 78.9 Å². The Balaban J connectivity index is 1.18. The van der Waals surface area contributed by atoms with Gasteiger partial charge in [-0.15, -0.1) is 0 Å². The predicted molar refractivity (Wildman–Crippen MR) is 260 cm³/mol. The normalized spacial score (nSPS) is 11.4. The maximum atomic E-state index is 10.9. The average Bonchev–Trinajstić information content (AvgIpc) is 3.90. The average molecular weight is 817 g/mol. The third-order valence-corrected chi connectivity index (χ3v) is 12.2. The van der Waals surface area contributed by atoms with Crippen LogP contribution in [0.15, 0.2) is 218 Å². The van der Waals surface area contributed by atoms with E-state index in [4.69, 9.17) is 15.0 Å². The Hall–Kier alpha value is -8.92. The van der Waals surface area contributed by atoms with Crippen LogP contribution in [0.25, 0.3) is 111 Å². The van der Waals surface area contributed by atoms with Crippen molar-refractivity contribution < 1.29 is 0 Å². The van der Waals surface area contributed by atoms with E-state index in [-0.39, 0.29) is 0 Å². The Morgan fingerprint density at radius 3 is 1.52 bits per heavy atom. The molecule has 0 aliphatic heterocycles. The van der Waals surface area contributed by atoms with Gasteiger partial charge in [-0.05, 0) is 71.3 Å². The van der Waals surface area contributed by atoms with Crippen molar-refractivity contribution >= 4 is 43.6 Å². The van der Waals surface area contributed by atoms with Gasteiger partial charge in [-0.1, -0.05) is 164 Å². The number of aromatic nitrogens is 5. The molecule has 0 bridgehead atoms. The molecule has 0 radical (unpaired) electrons. The van der Waals surface area contributed by atoms with E-state index in [1.165, 1.54) is 0 Å². The van der Waals surface area contributed by atoms with E-state index in [0.29, 0.717) is 23.0 Å². The third-order valence-electron chi connectivity index (χ3n) is 12.2. The van der Waals surface area contributed by atoms with Crippen molar-refractivity contribution in [1.82, 2.24) is 24.1 Å². The number of nitrogens with zero attached hydrogens (tertiary/aromatic N) is 6. The van der Waals surface area contributed by atoms with Crippen molar-refractivity contribution in [3.63, 3.8) is 0 Å². The molecule has 298 valence electrons. The first-order valence-corrected chi connectivity index (χ1v) is 21.3. The molecule has 0 saturated heterocycles. The molecule has 0 unspecified atom stereocenters. The lowest BCUT2D eigenvalue weighted by Crippen LogP contribution is -2.04. The van der Waals surface area contributed by atoms with Crippen molar-refractivity contribution in [3.8, 4) is 73.9 Å². The summed E-state index contributed by atoms with van der Waals surface area (Å²) in [6.07, 6.45) is 0. The second-order valence-electron chi connectivity index (χ2n) is 15.9. The molecular formula is C58H36N6. The summed E-state index contributed by atoms with van der Waals surface area (Å²) < 4.78 is 4.66. The molecule has 0 aliphatic carbocycles. The van der Waals surface area contributed by atoms with E-state index in [0.717, 1.165) is 93.9 Å². The smallest absolute Gasteiger partial charge is 0.166 e. The monoisotopic (exact) mass is 816 g/mol. The molecule has 0 spiro atoms. The summed E-state index contributed by atoms with van der Waals surface area (Å²) in [7, 11) is 0. The Morgan fingerprint density at radius 2 is 0.875 bits per heavy atom. The van der Waals surface area contributed by atoms with Crippen LogP contribution in [0.4, 0.5) is 0 Å². The first-order valence-electron chi connectivity index (χ1n) is 21.3. The molecule has 12 rings (SSSR count). The van der Waals surface area contributed by atoms with Gasteiger partial charge in [0.25, 0.3) is 0 Å². The molecule has 0 fully saturated rings. The molecule has 0 amide bonds. The number of benzene rings is 9. The van der Waals surface area contributed by atoms with E-state index in [9.17, 15) is 5.26 Å². The van der Waals surface area contributed by atoms with Crippen molar-refractivity contribution in [2.45, 2.75) is 0 Å². The van der Waals surface area contributed by atoms with Gasteiger partial charge in [0, 0.05) is 49.5 Å². The van der Waals surface area contributed by atoms with Gasteiger partial charge in [0.15, 0.2) is 17.5 Å². The lowest BCUT2D eigenvalue weighted by molar-refractivity contribution is 1.06. The van der Waals surface area contributed by atoms with Crippen molar-refractivity contribution in [3.05, 3.63) is 224 Å². The van der Waals surface area contributed by atoms with Crippen LogP contribution in [0.3, 0.4) is 0 Å². The third kappa shape index (κ3) is 5.99. The predicted octanol–water partition coefficient (Wildman–Crippen LogP) is 14.3. The minimum absolute atomic E-state index is 0.564. The Labute approximate surface area is 369 Å². The zero-order valence-electron chi connectivity index (χ0n) is 34.5. The van der Waals surface area contributed by atoms with E-state index in [2.05, 4.69) is 155 Å². The lowest BCUT2D eigenvalue weighted by atomic mass is 9.91. The molecule has 64 heavy (non-hydrogen) atoms. The molecule has 0 saturated carbocycles. The van der Waals surface area contributed by atoms with E-state index >= 15 is 0 Å². The van der Waals surface area contributed by atoms with Crippen LogP contribution in [0, 0.1) is 11.3 Å². The number of para-hydroxylation sites is 3. The maximum absolute atomic E-state index is 10.9. The van der Waals surface area contributed by atoms with Crippen LogP contribution in [-0.2, 0) is 0 Å². The van der Waals surface area contributed by atoms with Gasteiger partial charge in [-0.2, -0.15) is 5.26 Å². The summed E-state index contributed by atoms with van der Waals surface area (Å²) in [5.41, 5.74) is 13.5. The molecule has 3 aromatic heterocycles. The Kier molecular flexibility index (Phi) is 8.77. The summed E-state index contributed by atoms with van der Waals surface area (Å²) >= 11 is 0. The first kappa shape index (κ1) is 36.9. The van der Waals surface area contributed by atoms with Crippen LogP contribution < -0.4 is 0 Å². The highest BCUT2D eigenvalue weighted by Gasteiger charge is 2.25. The molecule has 9 aromatic carbocycles. The molecule has 0 atom stereocenters. The van der Waals surface area contributed by atoms with Gasteiger partial charge < -0.3 is 9.13 Å². The quantitative estimate of drug-likeness (QED) is 0.161. The van der Waals surface area contributed by atoms with Crippen molar-refractivity contribution in [2.75, 3.05) is 0 Å². The summed E-state index contributed by atoms with van der Waals surface area (Å²) in [5, 5.41) is 15.2. The zero-order valence-corrected chi connectivity index (χ0v) is 34.5. The van der Waals surface area contributed by atoms with Crippen LogP contribution in [-0.4, -0.2) is 24.1 Å². The number of hydrogen-bond acceptors (Lipinski definition) is 4. The van der Waals surface area contributed by atoms with Crippen molar-refractivity contribution in [1.29, 1.82) is 5.26 Å². The first-order chi connectivity index (χ1) is 31.7. The minimum Gasteiger partial charge on any atom is -0.309 e. The van der Waals surface area contributed by atoms with Gasteiger partial charge in [-0.3, -0.25) is 0 Å². The van der Waals surface area contributed by atoms with Crippen LogP contribution >= 0.6 is 0 Å². The summed E-state index contributed by atoms with van der Waals surface area (Å²) in [5.74, 6) is 1.76. The lowest BCUT2D eigenvalue weighted by Gasteiger charge is -2.17. The Morgan fingerprint density at radius 1 is 0.359 bits per heavy atom. The molecule has 0 aliphatic rings. The van der Waals surface area contributed by atoms with Crippen LogP contribution in [0.2, 0.25) is 0 Å². The van der Waals surface area contributed by atoms with Gasteiger partial charge in [0.1, 0.15) is 0 Å². The van der Waals surface area contributed by atoms with E-state index in [1.54, 1.807) is 0 Å². The second kappa shape index (κ2) is 15.2. The SMILES string of the molecule is N#Cc1ccc2c(c1-c1cccc3c1c1ccccc1n3-c1cc(-c3ccccc3)ccc1-c1nc(-c3ccccc3)nc(-c3ccccc3)n1)c1ccccc1n2-c1ccccc1. The number of fused-ring (bicyclic) bond motifs is 6.